The molecule has 0 aliphatic rings. The van der Waals surface area contributed by atoms with Gasteiger partial charge >= 0.3 is 0 Å². The molecule has 0 aliphatic carbocycles. The molecule has 2 rings (SSSR count). The molecule has 0 spiro atoms. The summed E-state index contributed by atoms with van der Waals surface area (Å²) < 4.78 is 5.08. The molecule has 1 aromatic carbocycles. The fraction of sp³-hybridized carbons (Fsp3) is 0.333. The predicted octanol–water partition coefficient (Wildman–Crippen LogP) is 1.97. The minimum Gasteiger partial charge on any atom is -0.350 e. The Labute approximate surface area is 118 Å². The monoisotopic (exact) mass is 273 g/mol. The van der Waals surface area contributed by atoms with Gasteiger partial charge in [-0.05, 0) is 19.4 Å². The fourth-order valence-corrected chi connectivity index (χ4v) is 1.68. The van der Waals surface area contributed by atoms with Crippen LogP contribution < -0.4 is 11.1 Å². The molecule has 20 heavy (non-hydrogen) atoms. The van der Waals surface area contributed by atoms with Crippen molar-refractivity contribution in [3.05, 3.63) is 41.7 Å². The van der Waals surface area contributed by atoms with Gasteiger partial charge < -0.3 is 15.6 Å². The highest BCUT2D eigenvalue weighted by atomic mass is 16.5. The lowest BCUT2D eigenvalue weighted by molar-refractivity contribution is 0.0911. The van der Waals surface area contributed by atoms with E-state index in [1.807, 2.05) is 38.1 Å². The minimum atomic E-state index is -0.267. The lowest BCUT2D eigenvalue weighted by atomic mass is 10.1. The molecular weight excluding hydrogens is 254 g/mol. The largest absolute Gasteiger partial charge is 0.350 e. The number of nitrogens with two attached hydrogens (primary N) is 1. The highest BCUT2D eigenvalue weighted by Gasteiger charge is 2.14. The number of benzene rings is 1. The van der Waals surface area contributed by atoms with Gasteiger partial charge in [-0.15, -0.1) is 0 Å². The number of carbonyl (C=O) groups excluding carboxylic acids is 1. The van der Waals surface area contributed by atoms with Gasteiger partial charge in [0.1, 0.15) is 5.69 Å². The van der Waals surface area contributed by atoms with Gasteiger partial charge in [0.15, 0.2) is 0 Å². The zero-order chi connectivity index (χ0) is 14.5. The number of aromatic nitrogens is 1. The second kappa shape index (κ2) is 6.34. The van der Waals surface area contributed by atoms with Crippen molar-refractivity contribution in [3.63, 3.8) is 0 Å². The molecule has 1 unspecified atom stereocenters. The maximum Gasteiger partial charge on any atom is 0.289 e. The number of carbonyl (C=O) groups is 1. The van der Waals surface area contributed by atoms with Crippen molar-refractivity contribution < 1.29 is 9.32 Å². The topological polar surface area (TPSA) is 81.2 Å². The van der Waals surface area contributed by atoms with Crippen molar-refractivity contribution in [1.82, 2.24) is 10.5 Å². The highest BCUT2D eigenvalue weighted by molar-refractivity contribution is 5.92. The van der Waals surface area contributed by atoms with E-state index in [1.165, 1.54) is 5.56 Å². The van der Waals surface area contributed by atoms with Gasteiger partial charge in [0.25, 0.3) is 5.91 Å². The molecule has 0 fully saturated rings. The summed E-state index contributed by atoms with van der Waals surface area (Å²) in [5.74, 6) is 0.180. The Morgan fingerprint density at radius 3 is 2.75 bits per heavy atom. The van der Waals surface area contributed by atoms with Gasteiger partial charge in [0.05, 0.1) is 0 Å². The quantitative estimate of drug-likeness (QED) is 0.872. The first kappa shape index (κ1) is 14.3. The number of nitrogens with one attached hydrogen (secondary N) is 1. The minimum absolute atomic E-state index is 0.213. The Hall–Kier alpha value is -2.14. The van der Waals surface area contributed by atoms with Crippen LogP contribution in [0.1, 0.15) is 23.0 Å². The second-order valence-corrected chi connectivity index (χ2v) is 4.99. The average Bonchev–Trinajstić information content (AvgIpc) is 2.95. The van der Waals surface area contributed by atoms with Gasteiger partial charge in [0.2, 0.25) is 5.76 Å². The summed E-state index contributed by atoms with van der Waals surface area (Å²) in [7, 11) is 0. The van der Waals surface area contributed by atoms with E-state index in [-0.39, 0.29) is 17.6 Å². The van der Waals surface area contributed by atoms with Crippen molar-refractivity contribution in [2.75, 3.05) is 13.1 Å². The lowest BCUT2D eigenvalue weighted by Crippen LogP contribution is -2.31. The van der Waals surface area contributed by atoms with Crippen molar-refractivity contribution in [1.29, 1.82) is 0 Å². The molecule has 2 aromatic rings. The van der Waals surface area contributed by atoms with Gasteiger partial charge in [0, 0.05) is 18.2 Å². The molecule has 3 N–H and O–H groups in total. The van der Waals surface area contributed by atoms with Crippen LogP contribution in [-0.2, 0) is 0 Å². The van der Waals surface area contributed by atoms with Gasteiger partial charge in [-0.25, -0.2) is 0 Å². The summed E-state index contributed by atoms with van der Waals surface area (Å²) in [4.78, 5) is 11.9. The van der Waals surface area contributed by atoms with Gasteiger partial charge in [-0.3, -0.25) is 4.79 Å². The molecule has 0 aliphatic heterocycles. The Balaban J connectivity index is 2.05. The SMILES string of the molecule is Cc1ccc(-c2cc(C(=O)NCC(C)CN)on2)cc1. The Morgan fingerprint density at radius 2 is 2.10 bits per heavy atom. The molecule has 0 saturated heterocycles. The third kappa shape index (κ3) is 3.45. The first-order chi connectivity index (χ1) is 9.60. The van der Waals surface area contributed by atoms with E-state index in [0.717, 1.165) is 5.56 Å². The number of amides is 1. The van der Waals surface area contributed by atoms with Crippen LogP contribution in [-0.4, -0.2) is 24.2 Å². The first-order valence-corrected chi connectivity index (χ1v) is 6.62. The van der Waals surface area contributed by atoms with E-state index in [9.17, 15) is 4.79 Å². The molecule has 106 valence electrons. The van der Waals surface area contributed by atoms with E-state index in [0.29, 0.717) is 18.8 Å². The van der Waals surface area contributed by atoms with E-state index in [4.69, 9.17) is 10.3 Å². The van der Waals surface area contributed by atoms with Crippen LogP contribution >= 0.6 is 0 Å². The second-order valence-electron chi connectivity index (χ2n) is 4.99. The van der Waals surface area contributed by atoms with Crippen LogP contribution in [0.2, 0.25) is 0 Å². The maximum absolute atomic E-state index is 11.9. The molecule has 1 aromatic heterocycles. The number of hydrogen-bond donors (Lipinski definition) is 2. The first-order valence-electron chi connectivity index (χ1n) is 6.62. The molecule has 5 heteroatoms. The molecule has 0 radical (unpaired) electrons. The smallest absolute Gasteiger partial charge is 0.289 e. The zero-order valence-corrected chi connectivity index (χ0v) is 11.7. The molecule has 0 saturated carbocycles. The number of aryl methyl sites for hydroxylation is 1. The highest BCUT2D eigenvalue weighted by Crippen LogP contribution is 2.19. The van der Waals surface area contributed by atoms with Crippen molar-refractivity contribution >= 4 is 5.91 Å². The van der Waals surface area contributed by atoms with Gasteiger partial charge in [-0.1, -0.05) is 41.9 Å². The van der Waals surface area contributed by atoms with Crippen LogP contribution in [0.3, 0.4) is 0 Å². The molecule has 5 nitrogen and oxygen atoms in total. The lowest BCUT2D eigenvalue weighted by Gasteiger charge is -2.07. The van der Waals surface area contributed by atoms with Crippen LogP contribution in [0.5, 0.6) is 0 Å². The standard InChI is InChI=1S/C15H19N3O2/c1-10-3-5-12(6-4-10)13-7-14(20-18-13)15(19)17-9-11(2)8-16/h3-7,11H,8-9,16H2,1-2H3,(H,17,19). The molecule has 1 amide bonds. The normalized spacial score (nSPS) is 12.2. The Bertz CT molecular complexity index is 575. The summed E-state index contributed by atoms with van der Waals surface area (Å²) in [6.07, 6.45) is 0. The van der Waals surface area contributed by atoms with E-state index < -0.39 is 0 Å². The number of hydrogen-bond acceptors (Lipinski definition) is 4. The Kier molecular flexibility index (Phi) is 4.53. The van der Waals surface area contributed by atoms with Gasteiger partial charge in [-0.2, -0.15) is 0 Å². The summed E-state index contributed by atoms with van der Waals surface area (Å²) in [5.41, 5.74) is 8.25. The summed E-state index contributed by atoms with van der Waals surface area (Å²) in [6.45, 7) is 5.05. The average molecular weight is 273 g/mol. The maximum atomic E-state index is 11.9. The van der Waals surface area contributed by atoms with Crippen molar-refractivity contribution in [3.8, 4) is 11.3 Å². The fourth-order valence-electron chi connectivity index (χ4n) is 1.68. The third-order valence-electron chi connectivity index (χ3n) is 3.09. The van der Waals surface area contributed by atoms with Crippen LogP contribution in [0.4, 0.5) is 0 Å². The number of nitrogens with zero attached hydrogens (tertiary/aromatic N) is 1. The molecular formula is C15H19N3O2. The molecule has 1 heterocycles. The Morgan fingerprint density at radius 1 is 1.40 bits per heavy atom. The summed E-state index contributed by atoms with van der Waals surface area (Å²) >= 11 is 0. The molecule has 0 bridgehead atoms. The summed E-state index contributed by atoms with van der Waals surface area (Å²) in [6, 6.07) is 9.53. The van der Waals surface area contributed by atoms with E-state index in [1.54, 1.807) is 6.07 Å². The number of rotatable bonds is 5. The zero-order valence-electron chi connectivity index (χ0n) is 11.7. The van der Waals surface area contributed by atoms with Crippen LogP contribution in [0.15, 0.2) is 34.9 Å². The van der Waals surface area contributed by atoms with Crippen molar-refractivity contribution in [2.45, 2.75) is 13.8 Å². The van der Waals surface area contributed by atoms with Crippen molar-refractivity contribution in [2.24, 2.45) is 11.7 Å². The molecule has 1 atom stereocenters. The van der Waals surface area contributed by atoms with E-state index >= 15 is 0 Å². The van der Waals surface area contributed by atoms with E-state index in [2.05, 4.69) is 10.5 Å². The third-order valence-corrected chi connectivity index (χ3v) is 3.09. The predicted molar refractivity (Wildman–Crippen MR) is 77.2 cm³/mol. The summed E-state index contributed by atoms with van der Waals surface area (Å²) in [5, 5.41) is 6.69. The van der Waals surface area contributed by atoms with Crippen LogP contribution in [0, 0.1) is 12.8 Å². The van der Waals surface area contributed by atoms with Crippen LogP contribution in [0.25, 0.3) is 11.3 Å².